The number of fused-ring (bicyclic) bond motifs is 2. The van der Waals surface area contributed by atoms with Gasteiger partial charge < -0.3 is 15.2 Å². The van der Waals surface area contributed by atoms with E-state index in [-0.39, 0.29) is 5.91 Å². The number of aryl methyl sites for hydroxylation is 1. The normalized spacial score (nSPS) is 29.6. The Balaban J connectivity index is 1.84. The Bertz CT molecular complexity index is 637. The van der Waals surface area contributed by atoms with Crippen molar-refractivity contribution in [1.82, 2.24) is 0 Å². The fourth-order valence-corrected chi connectivity index (χ4v) is 3.02. The topological polar surface area (TPSA) is 75.6 Å². The molecule has 1 aromatic carbocycles. The number of rotatable bonds is 3. The van der Waals surface area contributed by atoms with Crippen LogP contribution >= 0.6 is 0 Å². The maximum absolute atomic E-state index is 12.5. The van der Waals surface area contributed by atoms with Gasteiger partial charge in [-0.05, 0) is 31.0 Å². The molecule has 0 saturated carbocycles. The summed E-state index contributed by atoms with van der Waals surface area (Å²) in [6.07, 6.45) is 2.56. The molecule has 0 unspecified atom stereocenters. The lowest BCUT2D eigenvalue weighted by Gasteiger charge is -2.21. The maximum Gasteiger partial charge on any atom is 0.310 e. The Labute approximate surface area is 122 Å². The third-order valence-electron chi connectivity index (χ3n) is 4.35. The molecule has 2 N–H and O–H groups in total. The first-order valence-electron chi connectivity index (χ1n) is 6.92. The Morgan fingerprint density at radius 1 is 1.14 bits per heavy atom. The molecule has 2 heterocycles. The van der Waals surface area contributed by atoms with Gasteiger partial charge in [-0.3, -0.25) is 9.59 Å². The van der Waals surface area contributed by atoms with E-state index >= 15 is 0 Å². The number of amides is 1. The molecule has 2 aliphatic heterocycles. The Kier molecular flexibility index (Phi) is 3.29. The van der Waals surface area contributed by atoms with E-state index in [4.69, 9.17) is 4.74 Å². The highest BCUT2D eigenvalue weighted by Crippen LogP contribution is 2.40. The van der Waals surface area contributed by atoms with E-state index in [0.29, 0.717) is 0 Å². The average Bonchev–Trinajstić information content (AvgIpc) is 3.04. The molecule has 2 bridgehead atoms. The van der Waals surface area contributed by atoms with E-state index in [9.17, 15) is 14.7 Å². The van der Waals surface area contributed by atoms with Gasteiger partial charge in [-0.15, -0.1) is 0 Å². The predicted octanol–water partition coefficient (Wildman–Crippen LogP) is 1.90. The third kappa shape index (κ3) is 2.23. The van der Waals surface area contributed by atoms with Crippen molar-refractivity contribution in [3.05, 3.63) is 41.5 Å². The number of anilines is 1. The number of benzene rings is 1. The van der Waals surface area contributed by atoms with Gasteiger partial charge in [-0.2, -0.15) is 0 Å². The van der Waals surface area contributed by atoms with Crippen LogP contribution in [0.2, 0.25) is 0 Å². The lowest BCUT2D eigenvalue weighted by Crippen LogP contribution is -2.39. The zero-order valence-electron chi connectivity index (χ0n) is 11.9. The molecule has 0 spiro atoms. The molecule has 1 saturated heterocycles. The quantitative estimate of drug-likeness (QED) is 0.833. The summed E-state index contributed by atoms with van der Waals surface area (Å²) in [6.45, 7) is 3.89. The van der Waals surface area contributed by atoms with Crippen molar-refractivity contribution in [2.45, 2.75) is 26.1 Å². The molecule has 5 nitrogen and oxygen atoms in total. The molecular formula is C16H17NO4. The molecule has 1 amide bonds. The van der Waals surface area contributed by atoms with E-state index in [1.807, 2.05) is 32.0 Å². The second-order valence-electron chi connectivity index (χ2n) is 5.58. The zero-order valence-corrected chi connectivity index (χ0v) is 11.9. The van der Waals surface area contributed by atoms with Crippen LogP contribution in [0, 0.1) is 25.7 Å². The second kappa shape index (κ2) is 5.00. The molecular weight excluding hydrogens is 270 g/mol. The Hall–Kier alpha value is -2.14. The van der Waals surface area contributed by atoms with E-state index in [0.717, 1.165) is 16.8 Å². The molecule has 3 rings (SSSR count). The molecule has 5 heteroatoms. The first kappa shape index (κ1) is 13.8. The first-order chi connectivity index (χ1) is 9.99. The van der Waals surface area contributed by atoms with Crippen LogP contribution in [-0.2, 0) is 14.3 Å². The van der Waals surface area contributed by atoms with Crippen LogP contribution in [0.3, 0.4) is 0 Å². The van der Waals surface area contributed by atoms with Gasteiger partial charge in [-0.25, -0.2) is 0 Å². The van der Waals surface area contributed by atoms with Gasteiger partial charge in [0.15, 0.2) is 0 Å². The standard InChI is InChI=1S/C16H17NO4/c1-8-4-3-5-10(9(8)2)17-15(18)13-11-6-7-12(21-11)14(13)16(19)20/h3-7,11-14H,1-2H3,(H,17,18)(H,19,20)/t11-,12-,13+,14+/m1/s1. The summed E-state index contributed by atoms with van der Waals surface area (Å²) in [5.41, 5.74) is 2.78. The SMILES string of the molecule is Cc1cccc(NC(=O)[C@@H]2[C@@H](C(=O)O)[C@H]3C=C[C@H]2O3)c1C. The minimum Gasteiger partial charge on any atom is -0.481 e. The molecule has 0 radical (unpaired) electrons. The van der Waals surface area contributed by atoms with Crippen LogP contribution in [0.1, 0.15) is 11.1 Å². The number of ether oxygens (including phenoxy) is 1. The van der Waals surface area contributed by atoms with Gasteiger partial charge in [-0.1, -0.05) is 24.3 Å². The summed E-state index contributed by atoms with van der Waals surface area (Å²) in [7, 11) is 0. The number of carbonyl (C=O) groups excluding carboxylic acids is 1. The van der Waals surface area contributed by atoms with Crippen LogP contribution in [-0.4, -0.2) is 29.2 Å². The summed E-state index contributed by atoms with van der Waals surface area (Å²) in [4.78, 5) is 23.9. The zero-order chi connectivity index (χ0) is 15.1. The third-order valence-corrected chi connectivity index (χ3v) is 4.35. The molecule has 1 aromatic rings. The van der Waals surface area contributed by atoms with E-state index < -0.39 is 30.0 Å². The van der Waals surface area contributed by atoms with Crippen molar-refractivity contribution in [3.8, 4) is 0 Å². The number of hydrogen-bond donors (Lipinski definition) is 2. The molecule has 1 fully saturated rings. The largest absolute Gasteiger partial charge is 0.481 e. The minimum atomic E-state index is -0.993. The van der Waals surface area contributed by atoms with Gasteiger partial charge in [0.1, 0.15) is 5.92 Å². The smallest absolute Gasteiger partial charge is 0.310 e. The van der Waals surface area contributed by atoms with Crippen LogP contribution in [0.4, 0.5) is 5.69 Å². The van der Waals surface area contributed by atoms with Crippen molar-refractivity contribution in [2.75, 3.05) is 5.32 Å². The molecule has 21 heavy (non-hydrogen) atoms. The van der Waals surface area contributed by atoms with Crippen molar-refractivity contribution < 1.29 is 19.4 Å². The lowest BCUT2D eigenvalue weighted by molar-refractivity contribution is -0.145. The lowest BCUT2D eigenvalue weighted by atomic mass is 9.82. The van der Waals surface area contributed by atoms with Gasteiger partial charge in [0, 0.05) is 5.69 Å². The molecule has 2 aliphatic rings. The summed E-state index contributed by atoms with van der Waals surface area (Å²) in [6, 6.07) is 5.65. The number of aliphatic carboxylic acids is 1. The summed E-state index contributed by atoms with van der Waals surface area (Å²) in [5.74, 6) is -2.79. The van der Waals surface area contributed by atoms with E-state index in [2.05, 4.69) is 5.32 Å². The van der Waals surface area contributed by atoms with E-state index in [1.165, 1.54) is 0 Å². The van der Waals surface area contributed by atoms with Gasteiger partial charge in [0.05, 0.1) is 18.1 Å². The summed E-state index contributed by atoms with van der Waals surface area (Å²) in [5, 5.41) is 12.2. The summed E-state index contributed by atoms with van der Waals surface area (Å²) >= 11 is 0. The Morgan fingerprint density at radius 3 is 2.48 bits per heavy atom. The highest BCUT2D eigenvalue weighted by Gasteiger charge is 2.53. The fraction of sp³-hybridized carbons (Fsp3) is 0.375. The number of hydrogen-bond acceptors (Lipinski definition) is 3. The van der Waals surface area contributed by atoms with Crippen LogP contribution < -0.4 is 5.32 Å². The predicted molar refractivity (Wildman–Crippen MR) is 77.0 cm³/mol. The second-order valence-corrected chi connectivity index (χ2v) is 5.58. The number of carboxylic acids is 1. The molecule has 4 atom stereocenters. The maximum atomic E-state index is 12.5. The monoisotopic (exact) mass is 287 g/mol. The summed E-state index contributed by atoms with van der Waals surface area (Å²) < 4.78 is 5.52. The number of nitrogens with one attached hydrogen (secondary N) is 1. The van der Waals surface area contributed by atoms with Crippen molar-refractivity contribution >= 4 is 17.6 Å². The highest BCUT2D eigenvalue weighted by molar-refractivity contribution is 5.97. The first-order valence-corrected chi connectivity index (χ1v) is 6.92. The van der Waals surface area contributed by atoms with E-state index in [1.54, 1.807) is 12.2 Å². The molecule has 0 aromatic heterocycles. The Morgan fingerprint density at radius 2 is 1.81 bits per heavy atom. The van der Waals surface area contributed by atoms with Crippen molar-refractivity contribution in [1.29, 1.82) is 0 Å². The number of carboxylic acid groups (broad SMARTS) is 1. The fourth-order valence-electron chi connectivity index (χ4n) is 3.02. The number of carbonyl (C=O) groups is 2. The molecule has 0 aliphatic carbocycles. The van der Waals surface area contributed by atoms with Gasteiger partial charge >= 0.3 is 5.97 Å². The van der Waals surface area contributed by atoms with Gasteiger partial charge in [0.2, 0.25) is 5.91 Å². The van der Waals surface area contributed by atoms with Crippen molar-refractivity contribution in [2.24, 2.45) is 11.8 Å². The minimum absolute atomic E-state index is 0.298. The van der Waals surface area contributed by atoms with Crippen molar-refractivity contribution in [3.63, 3.8) is 0 Å². The average molecular weight is 287 g/mol. The van der Waals surface area contributed by atoms with Crippen LogP contribution in [0.5, 0.6) is 0 Å². The molecule has 110 valence electrons. The van der Waals surface area contributed by atoms with Crippen LogP contribution in [0.15, 0.2) is 30.4 Å². The van der Waals surface area contributed by atoms with Crippen LogP contribution in [0.25, 0.3) is 0 Å². The van der Waals surface area contributed by atoms with Gasteiger partial charge in [0.25, 0.3) is 0 Å². The highest BCUT2D eigenvalue weighted by atomic mass is 16.5.